The molecule has 12 heavy (non-hydrogen) atoms. The lowest BCUT2D eigenvalue weighted by molar-refractivity contribution is 0.824. The molecule has 2 rings (SSSR count). The molecule has 3 N–H and O–H groups in total. The van der Waals surface area contributed by atoms with E-state index in [2.05, 4.69) is 4.98 Å². The summed E-state index contributed by atoms with van der Waals surface area (Å²) in [6.45, 7) is 0. The monoisotopic (exact) mass is 203 g/mol. The topological polar surface area (TPSA) is 64.4 Å². The first-order chi connectivity index (χ1) is 5.27. The average Bonchev–Trinajstić information content (AvgIpc) is 2.31. The van der Waals surface area contributed by atoms with Gasteiger partial charge in [-0.3, -0.25) is 4.79 Å². The minimum Gasteiger partial charge on any atom is -0.412 e. The zero-order chi connectivity index (χ0) is 7.84. The third kappa shape index (κ3) is 1.36. The zero-order valence-corrected chi connectivity index (χ0v) is 7.50. The van der Waals surface area contributed by atoms with Crippen LogP contribution in [0.2, 0.25) is 5.02 Å². The number of rotatable bonds is 0. The third-order valence-corrected chi connectivity index (χ3v) is 2.57. The zero-order valence-electron chi connectivity index (χ0n) is 5.93. The van der Waals surface area contributed by atoms with Gasteiger partial charge in [0.05, 0.1) is 15.2 Å². The SMILES string of the molecule is O.O=c1[nH]c2c(Cl)cccc2s1. The van der Waals surface area contributed by atoms with Crippen molar-refractivity contribution in [3.63, 3.8) is 0 Å². The van der Waals surface area contributed by atoms with Crippen molar-refractivity contribution in [3.8, 4) is 0 Å². The van der Waals surface area contributed by atoms with E-state index in [9.17, 15) is 4.79 Å². The molecule has 0 fully saturated rings. The van der Waals surface area contributed by atoms with Crippen molar-refractivity contribution in [2.75, 3.05) is 0 Å². The van der Waals surface area contributed by atoms with Crippen LogP contribution in [-0.2, 0) is 0 Å². The summed E-state index contributed by atoms with van der Waals surface area (Å²) in [5.74, 6) is 0. The van der Waals surface area contributed by atoms with Crippen LogP contribution < -0.4 is 4.87 Å². The molecule has 0 bridgehead atoms. The summed E-state index contributed by atoms with van der Waals surface area (Å²) in [7, 11) is 0. The van der Waals surface area contributed by atoms with Gasteiger partial charge >= 0.3 is 4.87 Å². The average molecular weight is 204 g/mol. The number of nitrogens with one attached hydrogen (secondary N) is 1. The Hall–Kier alpha value is -0.840. The van der Waals surface area contributed by atoms with Crippen molar-refractivity contribution in [2.45, 2.75) is 0 Å². The molecule has 1 aromatic carbocycles. The summed E-state index contributed by atoms with van der Waals surface area (Å²) in [5, 5.41) is 0.598. The lowest BCUT2D eigenvalue weighted by Gasteiger charge is -1.88. The number of benzene rings is 1. The van der Waals surface area contributed by atoms with E-state index >= 15 is 0 Å². The molecule has 1 aromatic heterocycles. The molecule has 0 saturated heterocycles. The lowest BCUT2D eigenvalue weighted by atomic mass is 10.3. The van der Waals surface area contributed by atoms with Gasteiger partial charge < -0.3 is 10.5 Å². The number of aromatic amines is 1. The Kier molecular flexibility index (Phi) is 2.52. The Morgan fingerprint density at radius 1 is 1.42 bits per heavy atom. The Balaban J connectivity index is 0.000000720. The normalized spacial score (nSPS) is 9.75. The second-order valence-electron chi connectivity index (χ2n) is 2.13. The molecule has 0 aliphatic rings. The van der Waals surface area contributed by atoms with Crippen molar-refractivity contribution < 1.29 is 5.48 Å². The van der Waals surface area contributed by atoms with E-state index in [1.807, 2.05) is 12.1 Å². The summed E-state index contributed by atoms with van der Waals surface area (Å²) in [6.07, 6.45) is 0. The standard InChI is InChI=1S/C7H4ClNOS.H2O/c8-4-2-1-3-5-6(4)9-7(10)11-5;/h1-3H,(H,9,10);1H2. The number of H-pyrrole nitrogens is 1. The summed E-state index contributed by atoms with van der Waals surface area (Å²) in [6, 6.07) is 5.45. The molecule has 0 atom stereocenters. The number of thiazole rings is 1. The van der Waals surface area contributed by atoms with Crippen molar-refractivity contribution >= 4 is 33.2 Å². The molecular formula is C7H6ClNO2S. The fourth-order valence-corrected chi connectivity index (χ4v) is 1.98. The van der Waals surface area contributed by atoms with E-state index in [4.69, 9.17) is 11.6 Å². The number of halogens is 1. The van der Waals surface area contributed by atoms with Gasteiger partial charge in [0.1, 0.15) is 0 Å². The Morgan fingerprint density at radius 2 is 2.17 bits per heavy atom. The molecule has 5 heteroatoms. The van der Waals surface area contributed by atoms with Crippen LogP contribution in [0.1, 0.15) is 0 Å². The maximum atomic E-state index is 10.8. The molecule has 0 aliphatic carbocycles. The molecule has 0 saturated carbocycles. The summed E-state index contributed by atoms with van der Waals surface area (Å²) in [4.78, 5) is 13.4. The highest BCUT2D eigenvalue weighted by atomic mass is 35.5. The second-order valence-corrected chi connectivity index (χ2v) is 3.55. The van der Waals surface area contributed by atoms with Gasteiger partial charge in [0.15, 0.2) is 0 Å². The number of hydrogen-bond acceptors (Lipinski definition) is 2. The van der Waals surface area contributed by atoms with Crippen LogP contribution in [-0.4, -0.2) is 10.5 Å². The highest BCUT2D eigenvalue weighted by Gasteiger charge is 2.00. The molecule has 0 aliphatic heterocycles. The number of fused-ring (bicyclic) bond motifs is 1. The lowest BCUT2D eigenvalue weighted by Crippen LogP contribution is -1.89. The van der Waals surface area contributed by atoms with Crippen LogP contribution in [0, 0.1) is 0 Å². The van der Waals surface area contributed by atoms with Crippen LogP contribution >= 0.6 is 22.9 Å². The largest absolute Gasteiger partial charge is 0.412 e. The molecule has 3 nitrogen and oxygen atoms in total. The van der Waals surface area contributed by atoms with E-state index < -0.39 is 0 Å². The van der Waals surface area contributed by atoms with Crippen molar-refractivity contribution in [2.24, 2.45) is 0 Å². The minimum atomic E-state index is -0.0619. The smallest absolute Gasteiger partial charge is 0.305 e. The first kappa shape index (κ1) is 9.25. The van der Waals surface area contributed by atoms with Crippen LogP contribution in [0.5, 0.6) is 0 Å². The molecule has 0 amide bonds. The molecule has 0 spiro atoms. The van der Waals surface area contributed by atoms with Gasteiger partial charge in [-0.2, -0.15) is 0 Å². The highest BCUT2D eigenvalue weighted by molar-refractivity contribution is 7.16. The maximum absolute atomic E-state index is 10.8. The van der Waals surface area contributed by atoms with Gasteiger partial charge in [0.2, 0.25) is 0 Å². The Morgan fingerprint density at radius 3 is 2.83 bits per heavy atom. The molecule has 2 aromatic rings. The van der Waals surface area contributed by atoms with Crippen LogP contribution in [0.25, 0.3) is 10.2 Å². The highest BCUT2D eigenvalue weighted by Crippen LogP contribution is 2.21. The molecule has 1 heterocycles. The number of aromatic nitrogens is 1. The number of para-hydroxylation sites is 1. The molecular weight excluding hydrogens is 198 g/mol. The van der Waals surface area contributed by atoms with E-state index in [-0.39, 0.29) is 10.3 Å². The van der Waals surface area contributed by atoms with Gasteiger partial charge in [0, 0.05) is 0 Å². The minimum absolute atomic E-state index is 0. The van der Waals surface area contributed by atoms with Gasteiger partial charge in [-0.05, 0) is 12.1 Å². The van der Waals surface area contributed by atoms with Gasteiger partial charge in [0.25, 0.3) is 0 Å². The van der Waals surface area contributed by atoms with Gasteiger partial charge in [-0.1, -0.05) is 29.0 Å². The molecule has 64 valence electrons. The van der Waals surface area contributed by atoms with Gasteiger partial charge in [-0.25, -0.2) is 0 Å². The first-order valence-electron chi connectivity index (χ1n) is 3.05. The van der Waals surface area contributed by atoms with Crippen molar-refractivity contribution in [3.05, 3.63) is 32.9 Å². The summed E-state index contributed by atoms with van der Waals surface area (Å²) >= 11 is 6.98. The van der Waals surface area contributed by atoms with Crippen LogP contribution in [0.15, 0.2) is 23.0 Å². The summed E-state index contributed by atoms with van der Waals surface area (Å²) < 4.78 is 0.905. The fourth-order valence-electron chi connectivity index (χ4n) is 0.938. The van der Waals surface area contributed by atoms with Gasteiger partial charge in [-0.15, -0.1) is 0 Å². The maximum Gasteiger partial charge on any atom is 0.305 e. The van der Waals surface area contributed by atoms with Crippen LogP contribution in [0.3, 0.4) is 0 Å². The second kappa shape index (κ2) is 3.26. The predicted octanol–water partition coefficient (Wildman–Crippen LogP) is 1.42. The van der Waals surface area contributed by atoms with Crippen molar-refractivity contribution in [1.82, 2.24) is 4.98 Å². The van der Waals surface area contributed by atoms with E-state index in [1.54, 1.807) is 6.07 Å². The summed E-state index contributed by atoms with van der Waals surface area (Å²) in [5.41, 5.74) is 0.740. The van der Waals surface area contributed by atoms with E-state index in [1.165, 1.54) is 11.3 Å². The van der Waals surface area contributed by atoms with E-state index in [0.29, 0.717) is 5.02 Å². The molecule has 0 radical (unpaired) electrons. The van der Waals surface area contributed by atoms with E-state index in [0.717, 1.165) is 10.2 Å². The van der Waals surface area contributed by atoms with Crippen molar-refractivity contribution in [1.29, 1.82) is 0 Å². The Labute approximate surface area is 76.9 Å². The number of hydrogen-bond donors (Lipinski definition) is 1. The first-order valence-corrected chi connectivity index (χ1v) is 4.24. The predicted molar refractivity (Wildman–Crippen MR) is 51.1 cm³/mol. The third-order valence-electron chi connectivity index (χ3n) is 1.41. The quantitative estimate of drug-likeness (QED) is 0.692. The fraction of sp³-hybridized carbons (Fsp3) is 0. The Bertz CT molecular complexity index is 448. The molecule has 0 unspecified atom stereocenters. The van der Waals surface area contributed by atoms with Crippen LogP contribution in [0.4, 0.5) is 0 Å².